The number of nitrogens with one attached hydrogen (secondary N) is 5. The van der Waals surface area contributed by atoms with Crippen LogP contribution in [-0.2, 0) is 48.2 Å². The number of amides is 5. The van der Waals surface area contributed by atoms with E-state index in [0.29, 0.717) is 32.2 Å². The van der Waals surface area contributed by atoms with E-state index in [2.05, 4.69) is 26.3 Å². The summed E-state index contributed by atoms with van der Waals surface area (Å²) in [6.07, 6.45) is 3.56. The van der Waals surface area contributed by atoms with Crippen molar-refractivity contribution in [3.8, 4) is 0 Å². The smallest absolute Gasteiger partial charge is 0.248 e. The zero-order valence-electron chi connectivity index (χ0n) is 31.2. The van der Waals surface area contributed by atoms with Crippen molar-refractivity contribution in [1.29, 1.82) is 0 Å². The number of carbonyl (C=O) groups excluding carboxylic acids is 5. The van der Waals surface area contributed by atoms with Crippen molar-refractivity contribution in [3.05, 3.63) is 108 Å². The molecule has 6 atom stereocenters. The number of para-hydroxylation sites is 1. The fraction of sp³-hybridized carbons (Fsp3) is 0.405. The maximum atomic E-state index is 14.5. The first kappa shape index (κ1) is 39.2. The van der Waals surface area contributed by atoms with Crippen LogP contribution in [0, 0.1) is 0 Å². The molecule has 2 aliphatic rings. The summed E-state index contributed by atoms with van der Waals surface area (Å²) in [5.74, 6) is -2.68. The van der Waals surface area contributed by atoms with E-state index in [9.17, 15) is 24.0 Å². The molecule has 1 aromatic heterocycles. The molecule has 6 rings (SSSR count). The maximum absolute atomic E-state index is 14.5. The second kappa shape index (κ2) is 18.7. The standard InChI is InChI=1S/C42H51N7O6/c1-27(55-26-29-15-6-3-7-16-29)37-42(54)49-22-12-20-36(49)41(53)47-34(23-28-13-4-2-5-14-28)39(51)46-35(24-30-25-44-32-18-9-8-17-31(30)32)40(52)45-33(38(50)48-37)19-10-11-21-43/h2-9,13-18,25,27,33-37,44H,10-12,19-24,26,43H2,1H3,(H,45,52)(H,46,51)(H,47,53)(H,48,50)/t27-,33+,34+,35-,36+,37+/m1/s1. The van der Waals surface area contributed by atoms with E-state index >= 15 is 0 Å². The van der Waals surface area contributed by atoms with Gasteiger partial charge in [-0.05, 0) is 68.3 Å². The molecule has 0 bridgehead atoms. The Kier molecular flexibility index (Phi) is 13.3. The third-order valence-electron chi connectivity index (χ3n) is 10.5. The molecule has 0 saturated carbocycles. The molecule has 5 amide bonds. The fourth-order valence-electron chi connectivity index (χ4n) is 7.38. The van der Waals surface area contributed by atoms with Crippen molar-refractivity contribution < 1.29 is 28.7 Å². The number of nitrogens with two attached hydrogens (primary N) is 1. The highest BCUT2D eigenvalue weighted by Gasteiger charge is 2.42. The van der Waals surface area contributed by atoms with Crippen LogP contribution in [0.2, 0.25) is 0 Å². The molecule has 7 N–H and O–H groups in total. The Bertz CT molecular complexity index is 1940. The van der Waals surface area contributed by atoms with Gasteiger partial charge in [0.1, 0.15) is 30.2 Å². The molecule has 0 aliphatic carbocycles. The molecule has 55 heavy (non-hydrogen) atoms. The SMILES string of the molecule is C[C@@H](OCc1ccccc1)[C@@H]1NC(=O)[C@H](CCCCN)NC(=O)[C@@H](Cc2c[nH]c3ccccc23)NC(=O)[C@H](Cc2ccccc2)NC(=O)[C@@H]2CCCN2C1=O. The fourth-order valence-corrected chi connectivity index (χ4v) is 7.38. The quantitative estimate of drug-likeness (QED) is 0.120. The van der Waals surface area contributed by atoms with Gasteiger partial charge in [-0.15, -0.1) is 0 Å². The number of fused-ring (bicyclic) bond motifs is 2. The lowest BCUT2D eigenvalue weighted by Crippen LogP contribution is -2.60. The van der Waals surface area contributed by atoms with Crippen molar-refractivity contribution in [3.63, 3.8) is 0 Å². The van der Waals surface area contributed by atoms with Gasteiger partial charge in [-0.1, -0.05) is 78.9 Å². The zero-order chi connectivity index (χ0) is 38.7. The maximum Gasteiger partial charge on any atom is 0.248 e. The minimum absolute atomic E-state index is 0.104. The minimum Gasteiger partial charge on any atom is -0.371 e. The molecule has 2 saturated heterocycles. The molecule has 2 fully saturated rings. The first-order valence-electron chi connectivity index (χ1n) is 19.2. The van der Waals surface area contributed by atoms with Crippen LogP contribution in [-0.4, -0.2) is 88.8 Å². The summed E-state index contributed by atoms with van der Waals surface area (Å²) in [5.41, 5.74) is 9.15. The molecular weight excluding hydrogens is 699 g/mol. The number of unbranched alkanes of at least 4 members (excludes halogenated alkanes) is 1. The van der Waals surface area contributed by atoms with E-state index in [1.165, 1.54) is 4.90 Å². The Balaban J connectivity index is 1.37. The second-order valence-electron chi connectivity index (χ2n) is 14.4. The molecule has 3 aromatic carbocycles. The molecule has 4 aromatic rings. The monoisotopic (exact) mass is 749 g/mol. The van der Waals surface area contributed by atoms with Crippen LogP contribution in [0.3, 0.4) is 0 Å². The Morgan fingerprint density at radius 1 is 0.727 bits per heavy atom. The largest absolute Gasteiger partial charge is 0.371 e. The number of benzene rings is 3. The van der Waals surface area contributed by atoms with Gasteiger partial charge in [0.15, 0.2) is 0 Å². The lowest BCUT2D eigenvalue weighted by molar-refractivity contribution is -0.146. The summed E-state index contributed by atoms with van der Waals surface area (Å²) in [5, 5.41) is 12.6. The van der Waals surface area contributed by atoms with Crippen molar-refractivity contribution in [2.45, 2.75) is 94.8 Å². The van der Waals surface area contributed by atoms with Gasteiger partial charge in [0.25, 0.3) is 0 Å². The lowest BCUT2D eigenvalue weighted by Gasteiger charge is -2.33. The van der Waals surface area contributed by atoms with Crippen LogP contribution >= 0.6 is 0 Å². The summed E-state index contributed by atoms with van der Waals surface area (Å²) in [6.45, 7) is 2.58. The second-order valence-corrected chi connectivity index (χ2v) is 14.4. The van der Waals surface area contributed by atoms with Crippen LogP contribution in [0.5, 0.6) is 0 Å². The summed E-state index contributed by atoms with van der Waals surface area (Å²) < 4.78 is 6.19. The molecule has 0 radical (unpaired) electrons. The molecule has 3 heterocycles. The van der Waals surface area contributed by atoms with Crippen LogP contribution in [0.4, 0.5) is 0 Å². The summed E-state index contributed by atoms with van der Waals surface area (Å²) in [4.78, 5) is 76.2. The van der Waals surface area contributed by atoms with Crippen molar-refractivity contribution in [2.75, 3.05) is 13.1 Å². The molecule has 290 valence electrons. The van der Waals surface area contributed by atoms with Gasteiger partial charge in [0.05, 0.1) is 12.7 Å². The number of aromatic amines is 1. The number of nitrogens with zero attached hydrogens (tertiary/aromatic N) is 1. The van der Waals surface area contributed by atoms with Gasteiger partial charge in [-0.25, -0.2) is 0 Å². The number of H-pyrrole nitrogens is 1. The minimum atomic E-state index is -1.18. The Hall–Kier alpha value is -5.53. The summed E-state index contributed by atoms with van der Waals surface area (Å²) >= 11 is 0. The Labute approximate surface area is 321 Å². The topological polar surface area (TPSA) is 188 Å². The zero-order valence-corrected chi connectivity index (χ0v) is 31.2. The number of aromatic nitrogens is 1. The predicted molar refractivity (Wildman–Crippen MR) is 208 cm³/mol. The van der Waals surface area contributed by atoms with Crippen molar-refractivity contribution >= 4 is 40.4 Å². The van der Waals surface area contributed by atoms with E-state index in [1.807, 2.05) is 84.9 Å². The number of rotatable bonds is 12. The molecule has 0 unspecified atom stereocenters. The van der Waals surface area contributed by atoms with Gasteiger partial charge >= 0.3 is 0 Å². The van der Waals surface area contributed by atoms with Gasteiger partial charge in [-0.2, -0.15) is 0 Å². The molecule has 2 aliphatic heterocycles. The van der Waals surface area contributed by atoms with Crippen LogP contribution in [0.25, 0.3) is 10.9 Å². The normalized spacial score (nSPS) is 23.2. The summed E-state index contributed by atoms with van der Waals surface area (Å²) in [6, 6.07) is 21.1. The van der Waals surface area contributed by atoms with Gasteiger partial charge in [0, 0.05) is 36.5 Å². The third-order valence-corrected chi connectivity index (χ3v) is 10.5. The van der Waals surface area contributed by atoms with Gasteiger partial charge < -0.3 is 41.6 Å². The lowest BCUT2D eigenvalue weighted by atomic mass is 10.0. The number of ether oxygens (including phenoxy) is 1. The molecule has 13 heteroatoms. The molecule has 13 nitrogen and oxygen atoms in total. The van der Waals surface area contributed by atoms with Crippen molar-refractivity contribution in [2.24, 2.45) is 5.73 Å². The highest BCUT2D eigenvalue weighted by molar-refractivity contribution is 5.98. The van der Waals surface area contributed by atoms with Gasteiger partial charge in [0.2, 0.25) is 29.5 Å². The first-order valence-corrected chi connectivity index (χ1v) is 19.2. The van der Waals surface area contributed by atoms with Crippen LogP contribution in [0.15, 0.2) is 91.1 Å². The van der Waals surface area contributed by atoms with E-state index in [-0.39, 0.29) is 32.4 Å². The third kappa shape index (κ3) is 9.97. The molecular formula is C42H51N7O6. The van der Waals surface area contributed by atoms with Crippen LogP contribution < -0.4 is 27.0 Å². The van der Waals surface area contributed by atoms with Gasteiger partial charge in [-0.3, -0.25) is 24.0 Å². The van der Waals surface area contributed by atoms with Crippen LogP contribution in [0.1, 0.15) is 55.7 Å². The van der Waals surface area contributed by atoms with E-state index in [4.69, 9.17) is 10.5 Å². The average Bonchev–Trinajstić information content (AvgIpc) is 3.86. The highest BCUT2D eigenvalue weighted by Crippen LogP contribution is 2.23. The van der Waals surface area contributed by atoms with Crippen molar-refractivity contribution in [1.82, 2.24) is 31.2 Å². The Morgan fingerprint density at radius 2 is 1.35 bits per heavy atom. The average molecular weight is 750 g/mol. The van der Waals surface area contributed by atoms with E-state index in [1.54, 1.807) is 13.1 Å². The first-order chi connectivity index (χ1) is 26.7. The molecule has 0 spiro atoms. The summed E-state index contributed by atoms with van der Waals surface area (Å²) in [7, 11) is 0. The predicted octanol–water partition coefficient (Wildman–Crippen LogP) is 2.63. The Morgan fingerprint density at radius 3 is 2.07 bits per heavy atom. The number of hydrogen-bond donors (Lipinski definition) is 6. The number of hydrogen-bond acceptors (Lipinski definition) is 7. The van der Waals surface area contributed by atoms with E-state index in [0.717, 1.165) is 27.6 Å². The number of carbonyl (C=O) groups is 5. The van der Waals surface area contributed by atoms with E-state index < -0.39 is 65.8 Å². The highest BCUT2D eigenvalue weighted by atomic mass is 16.5.